The van der Waals surface area contributed by atoms with Crippen LogP contribution in [0.1, 0.15) is 17.2 Å². The normalized spacial score (nSPS) is 15.1. The first-order valence-corrected chi connectivity index (χ1v) is 4.39. The van der Waals surface area contributed by atoms with E-state index < -0.39 is 18.8 Å². The lowest BCUT2D eigenvalue weighted by molar-refractivity contribution is -0.0152. The average Bonchev–Trinajstić information content (AvgIpc) is 2.20. The van der Waals surface area contributed by atoms with E-state index in [9.17, 15) is 10.2 Å². The van der Waals surface area contributed by atoms with E-state index in [1.54, 1.807) is 18.2 Å². The summed E-state index contributed by atoms with van der Waals surface area (Å²) in [6.07, 6.45) is -2.26. The topological polar surface area (TPSA) is 86.7 Å². The third-order valence-corrected chi connectivity index (χ3v) is 2.20. The van der Waals surface area contributed by atoms with E-state index in [2.05, 4.69) is 0 Å². The van der Waals surface area contributed by atoms with Crippen molar-refractivity contribution < 1.29 is 15.3 Å². The minimum absolute atomic E-state index is 0.477. The molecule has 4 nitrogen and oxygen atoms in total. The smallest absolute Gasteiger partial charge is 0.107 e. The van der Waals surface area contributed by atoms with Crippen LogP contribution in [-0.4, -0.2) is 28.0 Å². The Kier molecular flexibility index (Phi) is 3.46. The Hall–Kier alpha value is -1.10. The van der Waals surface area contributed by atoms with Gasteiger partial charge in [-0.05, 0) is 24.1 Å². The fourth-order valence-corrected chi connectivity index (χ4v) is 1.16. The van der Waals surface area contributed by atoms with E-state index >= 15 is 0 Å². The van der Waals surface area contributed by atoms with Crippen molar-refractivity contribution in [2.75, 3.05) is 12.3 Å². The Labute approximate surface area is 82.6 Å². The van der Waals surface area contributed by atoms with Crippen LogP contribution in [0.3, 0.4) is 0 Å². The zero-order valence-electron chi connectivity index (χ0n) is 8.01. The molecule has 0 amide bonds. The molecule has 2 atom stereocenters. The lowest BCUT2D eigenvalue weighted by atomic mass is 10.0. The Morgan fingerprint density at radius 3 is 2.50 bits per heavy atom. The minimum Gasteiger partial charge on any atom is -0.399 e. The minimum atomic E-state index is -1.17. The van der Waals surface area contributed by atoms with Gasteiger partial charge in [-0.25, -0.2) is 0 Å². The van der Waals surface area contributed by atoms with E-state index in [0.29, 0.717) is 11.3 Å². The largest absolute Gasteiger partial charge is 0.399 e. The molecule has 0 heterocycles. The van der Waals surface area contributed by atoms with Crippen molar-refractivity contribution in [2.45, 2.75) is 19.1 Å². The van der Waals surface area contributed by atoms with Crippen LogP contribution in [0.5, 0.6) is 0 Å². The van der Waals surface area contributed by atoms with Gasteiger partial charge >= 0.3 is 0 Å². The number of anilines is 1. The second-order valence-electron chi connectivity index (χ2n) is 3.31. The monoisotopic (exact) mass is 197 g/mol. The van der Waals surface area contributed by atoms with Gasteiger partial charge in [-0.1, -0.05) is 12.1 Å². The number of aliphatic hydroxyl groups is 3. The molecule has 1 aromatic carbocycles. The number of nitrogens with two attached hydrogens (primary N) is 1. The van der Waals surface area contributed by atoms with Crippen molar-refractivity contribution in [1.82, 2.24) is 0 Å². The molecule has 2 unspecified atom stereocenters. The lowest BCUT2D eigenvalue weighted by Crippen LogP contribution is -2.22. The first-order valence-electron chi connectivity index (χ1n) is 4.39. The molecule has 0 saturated heterocycles. The SMILES string of the molecule is Cc1ccc(C(O)C(O)CO)cc1N. The summed E-state index contributed by atoms with van der Waals surface area (Å²) in [6.45, 7) is 1.38. The average molecular weight is 197 g/mol. The Morgan fingerprint density at radius 2 is 2.00 bits per heavy atom. The van der Waals surface area contributed by atoms with Crippen LogP contribution in [0.15, 0.2) is 18.2 Å². The van der Waals surface area contributed by atoms with E-state index in [0.717, 1.165) is 5.56 Å². The third kappa shape index (κ3) is 2.23. The second-order valence-corrected chi connectivity index (χ2v) is 3.31. The van der Waals surface area contributed by atoms with Crippen molar-refractivity contribution in [3.05, 3.63) is 29.3 Å². The van der Waals surface area contributed by atoms with Crippen LogP contribution >= 0.6 is 0 Å². The van der Waals surface area contributed by atoms with Crippen molar-refractivity contribution in [3.63, 3.8) is 0 Å². The number of aryl methyl sites for hydroxylation is 1. The molecule has 0 aliphatic carbocycles. The summed E-state index contributed by atoms with van der Waals surface area (Å²) in [4.78, 5) is 0. The molecular formula is C10H15NO3. The quantitative estimate of drug-likeness (QED) is 0.512. The molecule has 78 valence electrons. The van der Waals surface area contributed by atoms with Gasteiger partial charge in [0.1, 0.15) is 12.2 Å². The molecule has 0 fully saturated rings. The lowest BCUT2D eigenvalue weighted by Gasteiger charge is -2.16. The summed E-state index contributed by atoms with van der Waals surface area (Å²) in [5.41, 5.74) is 7.63. The number of rotatable bonds is 3. The molecule has 1 aromatic rings. The molecular weight excluding hydrogens is 182 g/mol. The van der Waals surface area contributed by atoms with Crippen molar-refractivity contribution in [1.29, 1.82) is 0 Å². The van der Waals surface area contributed by atoms with Crippen molar-refractivity contribution in [3.8, 4) is 0 Å². The summed E-state index contributed by atoms with van der Waals surface area (Å²) in [7, 11) is 0. The van der Waals surface area contributed by atoms with Crippen LogP contribution in [0.25, 0.3) is 0 Å². The second kappa shape index (κ2) is 4.41. The fourth-order valence-electron chi connectivity index (χ4n) is 1.16. The molecule has 1 rings (SSSR count). The van der Waals surface area contributed by atoms with E-state index in [1.165, 1.54) is 0 Å². The molecule has 4 heteroatoms. The van der Waals surface area contributed by atoms with E-state index in [4.69, 9.17) is 10.8 Å². The first kappa shape index (κ1) is 11.0. The van der Waals surface area contributed by atoms with Gasteiger partial charge in [0, 0.05) is 5.69 Å². The standard InChI is InChI=1S/C10H15NO3/c1-6-2-3-7(4-8(6)11)10(14)9(13)5-12/h2-4,9-10,12-14H,5,11H2,1H3. The van der Waals surface area contributed by atoms with Crippen LogP contribution in [0, 0.1) is 6.92 Å². The predicted octanol–water partition coefficient (Wildman–Crippen LogP) is -0.0362. The number of benzene rings is 1. The van der Waals surface area contributed by atoms with Crippen molar-refractivity contribution >= 4 is 5.69 Å². The van der Waals surface area contributed by atoms with Crippen molar-refractivity contribution in [2.24, 2.45) is 0 Å². The molecule has 5 N–H and O–H groups in total. The predicted molar refractivity (Wildman–Crippen MR) is 53.6 cm³/mol. The Bertz CT molecular complexity index is 314. The molecule has 0 aliphatic heterocycles. The maximum Gasteiger partial charge on any atom is 0.107 e. The Balaban J connectivity index is 2.91. The highest BCUT2D eigenvalue weighted by Gasteiger charge is 2.17. The zero-order valence-corrected chi connectivity index (χ0v) is 8.01. The van der Waals surface area contributed by atoms with E-state index in [-0.39, 0.29) is 0 Å². The van der Waals surface area contributed by atoms with Crippen LogP contribution < -0.4 is 5.73 Å². The van der Waals surface area contributed by atoms with Gasteiger partial charge in [0.2, 0.25) is 0 Å². The highest BCUT2D eigenvalue weighted by atomic mass is 16.4. The fraction of sp³-hybridized carbons (Fsp3) is 0.400. The van der Waals surface area contributed by atoms with Gasteiger partial charge in [0.25, 0.3) is 0 Å². The van der Waals surface area contributed by atoms with Gasteiger partial charge in [-0.3, -0.25) is 0 Å². The molecule has 0 saturated carbocycles. The maximum atomic E-state index is 9.54. The molecule has 0 radical (unpaired) electrons. The summed E-state index contributed by atoms with van der Waals surface area (Å²) >= 11 is 0. The third-order valence-electron chi connectivity index (χ3n) is 2.20. The van der Waals surface area contributed by atoms with Crippen LogP contribution in [0.2, 0.25) is 0 Å². The van der Waals surface area contributed by atoms with Crippen LogP contribution in [0.4, 0.5) is 5.69 Å². The molecule has 0 aliphatic rings. The van der Waals surface area contributed by atoms with Crippen LogP contribution in [-0.2, 0) is 0 Å². The van der Waals surface area contributed by atoms with Gasteiger partial charge in [0.05, 0.1) is 6.61 Å². The summed E-state index contributed by atoms with van der Waals surface area (Å²) < 4.78 is 0. The maximum absolute atomic E-state index is 9.54. The number of nitrogen functional groups attached to an aromatic ring is 1. The van der Waals surface area contributed by atoms with Gasteiger partial charge < -0.3 is 21.1 Å². The van der Waals surface area contributed by atoms with Gasteiger partial charge in [-0.2, -0.15) is 0 Å². The first-order chi connectivity index (χ1) is 6.56. The highest BCUT2D eigenvalue weighted by Crippen LogP contribution is 2.21. The summed E-state index contributed by atoms with van der Waals surface area (Å²) in [5, 5.41) is 27.4. The number of hydrogen-bond donors (Lipinski definition) is 4. The molecule has 0 spiro atoms. The van der Waals surface area contributed by atoms with E-state index in [1.807, 2.05) is 6.92 Å². The molecule has 0 bridgehead atoms. The van der Waals surface area contributed by atoms with Gasteiger partial charge in [0.15, 0.2) is 0 Å². The Morgan fingerprint density at radius 1 is 1.36 bits per heavy atom. The molecule has 14 heavy (non-hydrogen) atoms. The summed E-state index contributed by atoms with van der Waals surface area (Å²) in [5.74, 6) is 0. The zero-order chi connectivity index (χ0) is 10.7. The highest BCUT2D eigenvalue weighted by molar-refractivity contribution is 5.48. The molecule has 0 aromatic heterocycles. The number of hydrogen-bond acceptors (Lipinski definition) is 4. The summed E-state index contributed by atoms with van der Waals surface area (Å²) in [6, 6.07) is 5.03. The number of aliphatic hydroxyl groups excluding tert-OH is 3. The van der Waals surface area contributed by atoms with Gasteiger partial charge in [-0.15, -0.1) is 0 Å².